The van der Waals surface area contributed by atoms with Gasteiger partial charge in [0, 0.05) is 28.8 Å². The second-order valence-corrected chi connectivity index (χ2v) is 6.54. The molecule has 1 aromatic heterocycles. The molecular weight excluding hydrogens is 310 g/mol. The van der Waals surface area contributed by atoms with Crippen LogP contribution in [0, 0.1) is 5.92 Å². The van der Waals surface area contributed by atoms with Crippen molar-refractivity contribution in [2.75, 3.05) is 5.32 Å². The van der Waals surface area contributed by atoms with Crippen molar-refractivity contribution in [1.29, 1.82) is 0 Å². The van der Waals surface area contributed by atoms with Crippen LogP contribution in [0.25, 0.3) is 16.3 Å². The standard InChI is InChI=1S/C21H23N3O/c1-4-5-13(2)20(14(3)22)17-9-8-16-11-19(23-12-18(16)10-17)24-21(25)15-6-7-15/h4-5,8-12,15H,1,6-7,22H2,2-3H3,(H,23,24,25)/b13-5-,20-14+. The van der Waals surface area contributed by atoms with E-state index in [0.29, 0.717) is 5.82 Å². The molecule has 0 aliphatic heterocycles. The summed E-state index contributed by atoms with van der Waals surface area (Å²) in [5, 5.41) is 4.93. The van der Waals surface area contributed by atoms with Crippen molar-refractivity contribution in [3.8, 4) is 0 Å². The highest BCUT2D eigenvalue weighted by Crippen LogP contribution is 2.31. The van der Waals surface area contributed by atoms with Crippen molar-refractivity contribution in [3.05, 3.63) is 66.0 Å². The lowest BCUT2D eigenvalue weighted by Crippen LogP contribution is -2.14. The Morgan fingerprint density at radius 1 is 1.28 bits per heavy atom. The molecule has 0 unspecified atom stereocenters. The molecule has 25 heavy (non-hydrogen) atoms. The Labute approximate surface area is 148 Å². The Kier molecular flexibility index (Phi) is 4.70. The molecule has 0 bridgehead atoms. The summed E-state index contributed by atoms with van der Waals surface area (Å²) in [7, 11) is 0. The largest absolute Gasteiger partial charge is 0.402 e. The van der Waals surface area contributed by atoms with E-state index in [0.717, 1.165) is 46.0 Å². The highest BCUT2D eigenvalue weighted by Gasteiger charge is 2.29. The summed E-state index contributed by atoms with van der Waals surface area (Å²) in [5.41, 5.74) is 9.97. The average molecular weight is 333 g/mol. The van der Waals surface area contributed by atoms with E-state index in [1.54, 1.807) is 12.3 Å². The highest BCUT2D eigenvalue weighted by atomic mass is 16.2. The van der Waals surface area contributed by atoms with Crippen LogP contribution in [0.15, 0.2) is 60.5 Å². The summed E-state index contributed by atoms with van der Waals surface area (Å²) >= 11 is 0. The van der Waals surface area contributed by atoms with Gasteiger partial charge in [-0.3, -0.25) is 4.79 Å². The molecule has 4 nitrogen and oxygen atoms in total. The molecule has 3 N–H and O–H groups in total. The number of aromatic nitrogens is 1. The van der Waals surface area contributed by atoms with Crippen LogP contribution < -0.4 is 11.1 Å². The zero-order valence-corrected chi connectivity index (χ0v) is 14.7. The SMILES string of the molecule is C=C/C=C(C)\C(=C(\C)N)c1ccc2cc(NC(=O)C3CC3)ncc2c1. The summed E-state index contributed by atoms with van der Waals surface area (Å²) < 4.78 is 0. The number of hydrogen-bond donors (Lipinski definition) is 2. The molecule has 2 aromatic rings. The van der Waals surface area contributed by atoms with Crippen LogP contribution in [0.5, 0.6) is 0 Å². The molecular formula is C21H23N3O. The highest BCUT2D eigenvalue weighted by molar-refractivity contribution is 5.96. The van der Waals surface area contributed by atoms with Gasteiger partial charge in [-0.1, -0.05) is 30.9 Å². The molecule has 1 fully saturated rings. The van der Waals surface area contributed by atoms with E-state index in [-0.39, 0.29) is 11.8 Å². The van der Waals surface area contributed by atoms with E-state index >= 15 is 0 Å². The Morgan fingerprint density at radius 2 is 2.04 bits per heavy atom. The molecule has 1 aromatic carbocycles. The first-order valence-electron chi connectivity index (χ1n) is 8.46. The first-order valence-corrected chi connectivity index (χ1v) is 8.46. The number of nitrogens with two attached hydrogens (primary N) is 1. The van der Waals surface area contributed by atoms with Crippen molar-refractivity contribution in [3.63, 3.8) is 0 Å². The van der Waals surface area contributed by atoms with Gasteiger partial charge < -0.3 is 11.1 Å². The smallest absolute Gasteiger partial charge is 0.228 e. The number of hydrogen-bond acceptors (Lipinski definition) is 3. The van der Waals surface area contributed by atoms with Crippen LogP contribution in [0.4, 0.5) is 5.82 Å². The van der Waals surface area contributed by atoms with Gasteiger partial charge in [0.15, 0.2) is 0 Å². The zero-order chi connectivity index (χ0) is 18.0. The van der Waals surface area contributed by atoms with Crippen LogP contribution in [0.2, 0.25) is 0 Å². The average Bonchev–Trinajstić information content (AvgIpc) is 3.40. The first-order chi connectivity index (χ1) is 12.0. The van der Waals surface area contributed by atoms with E-state index < -0.39 is 0 Å². The number of nitrogens with one attached hydrogen (secondary N) is 1. The lowest BCUT2D eigenvalue weighted by Gasteiger charge is -2.12. The quantitative estimate of drug-likeness (QED) is 0.797. The molecule has 0 saturated heterocycles. The van der Waals surface area contributed by atoms with Gasteiger partial charge in [-0.05, 0) is 55.3 Å². The Balaban J connectivity index is 1.94. The number of rotatable bonds is 5. The van der Waals surface area contributed by atoms with Gasteiger partial charge in [-0.25, -0.2) is 4.98 Å². The molecule has 1 saturated carbocycles. The molecule has 4 heteroatoms. The van der Waals surface area contributed by atoms with E-state index in [1.165, 1.54) is 0 Å². The number of fused-ring (bicyclic) bond motifs is 1. The summed E-state index contributed by atoms with van der Waals surface area (Å²) in [4.78, 5) is 16.3. The monoisotopic (exact) mass is 333 g/mol. The third-order valence-electron chi connectivity index (χ3n) is 4.37. The number of pyridine rings is 1. The van der Waals surface area contributed by atoms with E-state index in [9.17, 15) is 4.79 Å². The lowest BCUT2D eigenvalue weighted by atomic mass is 9.95. The number of amides is 1. The van der Waals surface area contributed by atoms with Crippen LogP contribution in [0.3, 0.4) is 0 Å². The van der Waals surface area contributed by atoms with Crippen molar-refractivity contribution >= 4 is 28.1 Å². The number of anilines is 1. The number of carbonyl (C=O) groups excluding carboxylic acids is 1. The maximum absolute atomic E-state index is 11.9. The third-order valence-corrected chi connectivity index (χ3v) is 4.37. The van der Waals surface area contributed by atoms with Crippen LogP contribution >= 0.6 is 0 Å². The van der Waals surface area contributed by atoms with Crippen LogP contribution in [-0.2, 0) is 4.79 Å². The summed E-state index contributed by atoms with van der Waals surface area (Å²) in [6.07, 6.45) is 7.46. The van der Waals surface area contributed by atoms with Crippen molar-refractivity contribution in [1.82, 2.24) is 4.98 Å². The minimum absolute atomic E-state index is 0.0673. The van der Waals surface area contributed by atoms with Crippen LogP contribution in [-0.4, -0.2) is 10.9 Å². The number of benzene rings is 1. The Hall–Kier alpha value is -2.88. The van der Waals surface area contributed by atoms with Gasteiger partial charge >= 0.3 is 0 Å². The predicted molar refractivity (Wildman–Crippen MR) is 104 cm³/mol. The Morgan fingerprint density at radius 3 is 2.68 bits per heavy atom. The second kappa shape index (κ2) is 6.93. The van der Waals surface area contributed by atoms with Gasteiger partial charge in [0.2, 0.25) is 5.91 Å². The Bertz CT molecular complexity index is 900. The predicted octanol–water partition coefficient (Wildman–Crippen LogP) is 4.41. The van der Waals surface area contributed by atoms with Crippen molar-refractivity contribution in [2.45, 2.75) is 26.7 Å². The molecule has 3 rings (SSSR count). The summed E-state index contributed by atoms with van der Waals surface area (Å²) in [5.74, 6) is 0.836. The maximum Gasteiger partial charge on any atom is 0.228 e. The number of nitrogens with zero attached hydrogens (tertiary/aromatic N) is 1. The fraction of sp³-hybridized carbons (Fsp3) is 0.238. The van der Waals surface area contributed by atoms with E-state index in [4.69, 9.17) is 5.73 Å². The summed E-state index contributed by atoms with van der Waals surface area (Å²) in [6.45, 7) is 7.67. The summed E-state index contributed by atoms with van der Waals surface area (Å²) in [6, 6.07) is 8.05. The molecule has 1 aliphatic rings. The molecule has 1 amide bonds. The lowest BCUT2D eigenvalue weighted by molar-refractivity contribution is -0.117. The first kappa shape index (κ1) is 17.0. The molecule has 1 heterocycles. The molecule has 0 spiro atoms. The zero-order valence-electron chi connectivity index (χ0n) is 14.7. The van der Waals surface area contributed by atoms with Gasteiger partial charge in [-0.15, -0.1) is 0 Å². The molecule has 1 aliphatic carbocycles. The minimum Gasteiger partial charge on any atom is -0.402 e. The molecule has 128 valence electrons. The topological polar surface area (TPSA) is 68.0 Å². The third kappa shape index (κ3) is 3.79. The maximum atomic E-state index is 11.9. The fourth-order valence-electron chi connectivity index (χ4n) is 2.97. The van der Waals surface area contributed by atoms with Gasteiger partial charge in [0.05, 0.1) is 0 Å². The molecule has 0 atom stereocenters. The number of allylic oxidation sites excluding steroid dienone is 5. The molecule has 0 radical (unpaired) electrons. The van der Waals surface area contributed by atoms with Gasteiger partial charge in [0.1, 0.15) is 5.82 Å². The number of carbonyl (C=O) groups is 1. The van der Waals surface area contributed by atoms with Gasteiger partial charge in [-0.2, -0.15) is 0 Å². The van der Waals surface area contributed by atoms with E-state index in [1.807, 2.05) is 38.1 Å². The normalized spacial score (nSPS) is 15.7. The van der Waals surface area contributed by atoms with Crippen molar-refractivity contribution in [2.24, 2.45) is 11.7 Å². The fourth-order valence-corrected chi connectivity index (χ4v) is 2.97. The van der Waals surface area contributed by atoms with Crippen molar-refractivity contribution < 1.29 is 4.79 Å². The second-order valence-electron chi connectivity index (χ2n) is 6.54. The minimum atomic E-state index is 0.0673. The van der Waals surface area contributed by atoms with Gasteiger partial charge in [0.25, 0.3) is 0 Å². The van der Waals surface area contributed by atoms with Crippen LogP contribution in [0.1, 0.15) is 32.3 Å². The van der Waals surface area contributed by atoms with E-state index in [2.05, 4.69) is 22.9 Å².